The number of hydrogen-bond acceptors (Lipinski definition) is 10. The Balaban J connectivity index is 0.00000532. The van der Waals surface area contributed by atoms with Crippen molar-refractivity contribution in [3.8, 4) is 22.5 Å². The number of rotatable bonds is 12. The summed E-state index contributed by atoms with van der Waals surface area (Å²) >= 11 is 0. The summed E-state index contributed by atoms with van der Waals surface area (Å²) in [6, 6.07) is 16.9. The molecule has 2 aliphatic carbocycles. The summed E-state index contributed by atoms with van der Waals surface area (Å²) < 4.78 is 5.51. The number of hydrogen-bond donors (Lipinski definition) is 5. The van der Waals surface area contributed by atoms with E-state index in [-0.39, 0.29) is 42.1 Å². The number of pyridine rings is 1. The minimum absolute atomic E-state index is 0. The molecular weight excluding hydrogens is 732 g/mol. The van der Waals surface area contributed by atoms with Crippen molar-refractivity contribution in [3.63, 3.8) is 0 Å². The van der Waals surface area contributed by atoms with Crippen LogP contribution in [0.1, 0.15) is 73.0 Å². The Morgan fingerprint density at radius 2 is 1.62 bits per heavy atom. The number of anilines is 1. The minimum atomic E-state index is -0.793. The summed E-state index contributed by atoms with van der Waals surface area (Å²) in [5, 5.41) is 23.3. The smallest absolute Gasteiger partial charge is 0.270 e. The summed E-state index contributed by atoms with van der Waals surface area (Å²) in [6.45, 7) is 6.22. The van der Waals surface area contributed by atoms with E-state index in [2.05, 4.69) is 46.5 Å². The third-order valence-corrected chi connectivity index (χ3v) is 11.6. The number of carbonyl (C=O) groups excluding carboxylic acids is 3. The van der Waals surface area contributed by atoms with Crippen molar-refractivity contribution in [2.75, 3.05) is 38.2 Å². The third-order valence-electron chi connectivity index (χ3n) is 11.6. The molecule has 3 aliphatic rings. The van der Waals surface area contributed by atoms with Gasteiger partial charge in [0.05, 0.1) is 13.2 Å². The lowest BCUT2D eigenvalue weighted by Crippen LogP contribution is -2.48. The van der Waals surface area contributed by atoms with E-state index in [1.807, 2.05) is 37.3 Å². The number of aromatic amines is 1. The standard InChI is InChI=1S/C41H52N10O4.ClH/c1-26-22-36(40(53)44-33-14-16-34(17-15-33)51-18-20-55-21-19-51)43-25-35(26)29-6-2-27(3-7-29)23-37(46-39(52)31-8-4-28(24-42)5-9-31)41(54)45-32-12-10-30(11-13-32)38-47-49-50-48-38;/h2-3,6-7,10-13,22,25,28,31,33-34,37H,4-5,8-9,14-21,23-24,42H2,1H3,(H,44,53)(H,45,54)(H,46,52)(H,47,48,49,50);1H/t28?,31?,33?,34?,37-;/m0./s1. The van der Waals surface area contributed by atoms with Gasteiger partial charge in [0, 0.05) is 60.5 Å². The minimum Gasteiger partial charge on any atom is -0.379 e. The molecule has 15 heteroatoms. The number of halogens is 1. The first kappa shape index (κ1) is 40.9. The SMILES string of the molecule is Cc1cc(C(=O)NC2CCC(N3CCOCC3)CC2)ncc1-c1ccc(C[C@H](NC(=O)C2CCC(CN)CC2)C(=O)Nc2ccc(-c3nn[nH]n3)cc2)cc1.Cl. The van der Waals surface area contributed by atoms with E-state index in [4.69, 9.17) is 10.5 Å². The van der Waals surface area contributed by atoms with Gasteiger partial charge in [0.25, 0.3) is 5.91 Å². The van der Waals surface area contributed by atoms with Gasteiger partial charge in [-0.2, -0.15) is 5.21 Å². The number of H-pyrrole nitrogens is 1. The molecule has 1 saturated heterocycles. The molecule has 4 aromatic rings. The van der Waals surface area contributed by atoms with Crippen molar-refractivity contribution >= 4 is 35.8 Å². The van der Waals surface area contributed by atoms with Gasteiger partial charge in [0.15, 0.2) is 0 Å². The number of ether oxygens (including phenoxy) is 1. The average Bonchev–Trinajstić information content (AvgIpc) is 3.77. The number of tetrazole rings is 1. The molecule has 298 valence electrons. The molecule has 0 spiro atoms. The van der Waals surface area contributed by atoms with Gasteiger partial charge in [-0.15, -0.1) is 22.6 Å². The van der Waals surface area contributed by atoms with Crippen LogP contribution in [0.3, 0.4) is 0 Å². The lowest BCUT2D eigenvalue weighted by Gasteiger charge is -2.38. The van der Waals surface area contributed by atoms with Crippen LogP contribution in [-0.4, -0.2) is 99.2 Å². The molecular formula is C41H53ClN10O4. The highest BCUT2D eigenvalue weighted by Crippen LogP contribution is 2.29. The number of nitrogens with zero attached hydrogens (tertiary/aromatic N) is 5. The fourth-order valence-corrected chi connectivity index (χ4v) is 8.20. The van der Waals surface area contributed by atoms with Gasteiger partial charge >= 0.3 is 0 Å². The van der Waals surface area contributed by atoms with E-state index in [1.165, 1.54) is 0 Å². The lowest BCUT2D eigenvalue weighted by atomic mass is 9.81. The molecule has 3 fully saturated rings. The highest BCUT2D eigenvalue weighted by Gasteiger charge is 2.30. The summed E-state index contributed by atoms with van der Waals surface area (Å²) in [4.78, 5) is 47.5. The van der Waals surface area contributed by atoms with Crippen molar-refractivity contribution in [1.29, 1.82) is 0 Å². The summed E-state index contributed by atoms with van der Waals surface area (Å²) in [6.07, 6.45) is 9.51. The summed E-state index contributed by atoms with van der Waals surface area (Å²) in [5.41, 5.74) is 11.4. The Bertz CT molecular complexity index is 1890. The van der Waals surface area contributed by atoms with Crippen molar-refractivity contribution in [2.24, 2.45) is 17.6 Å². The lowest BCUT2D eigenvalue weighted by molar-refractivity contribution is -0.130. The van der Waals surface area contributed by atoms with Crippen molar-refractivity contribution in [1.82, 2.24) is 41.1 Å². The Kier molecular flexibility index (Phi) is 14.2. The number of aryl methyl sites for hydroxylation is 1. The number of morpholine rings is 1. The molecule has 2 saturated carbocycles. The number of amides is 3. The fourth-order valence-electron chi connectivity index (χ4n) is 8.20. The average molecular weight is 785 g/mol. The summed E-state index contributed by atoms with van der Waals surface area (Å²) in [5.74, 6) is 0.203. The second kappa shape index (κ2) is 19.4. The van der Waals surface area contributed by atoms with E-state index >= 15 is 0 Å². The fraction of sp³-hybridized carbons (Fsp3) is 0.488. The van der Waals surface area contributed by atoms with Crippen LogP contribution in [0.25, 0.3) is 22.5 Å². The molecule has 56 heavy (non-hydrogen) atoms. The second-order valence-electron chi connectivity index (χ2n) is 15.2. The number of benzene rings is 2. The summed E-state index contributed by atoms with van der Waals surface area (Å²) in [7, 11) is 0. The number of carbonyl (C=O) groups is 3. The Labute approximate surface area is 333 Å². The maximum atomic E-state index is 13.7. The van der Waals surface area contributed by atoms with Gasteiger partial charge in [-0.1, -0.05) is 24.3 Å². The largest absolute Gasteiger partial charge is 0.379 e. The Hall–Kier alpha value is -4.76. The number of nitrogens with one attached hydrogen (secondary N) is 4. The molecule has 0 unspecified atom stereocenters. The molecule has 1 atom stereocenters. The first-order valence-electron chi connectivity index (χ1n) is 19.7. The van der Waals surface area contributed by atoms with Gasteiger partial charge in [-0.05, 0) is 123 Å². The number of aromatic nitrogens is 5. The van der Waals surface area contributed by atoms with Gasteiger partial charge in [0.1, 0.15) is 11.7 Å². The predicted octanol–water partition coefficient (Wildman–Crippen LogP) is 4.46. The second-order valence-corrected chi connectivity index (χ2v) is 15.2. The van der Waals surface area contributed by atoms with Crippen LogP contribution in [-0.2, 0) is 20.7 Å². The van der Waals surface area contributed by atoms with Gasteiger partial charge in [-0.3, -0.25) is 24.3 Å². The van der Waals surface area contributed by atoms with Crippen LogP contribution in [0.15, 0.2) is 60.8 Å². The van der Waals surface area contributed by atoms with Gasteiger partial charge in [0.2, 0.25) is 17.6 Å². The van der Waals surface area contributed by atoms with E-state index in [0.717, 1.165) is 105 Å². The quantitative estimate of drug-likeness (QED) is 0.137. The Morgan fingerprint density at radius 3 is 2.27 bits per heavy atom. The van der Waals surface area contributed by atoms with E-state index in [1.54, 1.807) is 30.5 Å². The monoisotopic (exact) mass is 784 g/mol. The van der Waals surface area contributed by atoms with Crippen molar-refractivity contribution in [3.05, 3.63) is 77.6 Å². The van der Waals surface area contributed by atoms with Gasteiger partial charge in [-0.25, -0.2) is 0 Å². The molecule has 6 N–H and O–H groups in total. The molecule has 1 aliphatic heterocycles. The number of nitrogens with two attached hydrogens (primary N) is 1. The zero-order chi connectivity index (χ0) is 38.1. The maximum absolute atomic E-state index is 13.7. The van der Waals surface area contributed by atoms with E-state index in [0.29, 0.717) is 42.1 Å². The molecule has 3 amide bonds. The molecule has 3 heterocycles. The Morgan fingerprint density at radius 1 is 0.929 bits per heavy atom. The van der Waals surface area contributed by atoms with E-state index in [9.17, 15) is 14.4 Å². The first-order chi connectivity index (χ1) is 26.8. The zero-order valence-electron chi connectivity index (χ0n) is 31.9. The molecule has 2 aromatic carbocycles. The van der Waals surface area contributed by atoms with Crippen LogP contribution in [0.4, 0.5) is 5.69 Å². The molecule has 0 bridgehead atoms. The highest BCUT2D eigenvalue weighted by atomic mass is 35.5. The maximum Gasteiger partial charge on any atom is 0.270 e. The third kappa shape index (κ3) is 10.3. The van der Waals surface area contributed by atoms with Crippen LogP contribution in [0, 0.1) is 18.8 Å². The topological polar surface area (TPSA) is 193 Å². The first-order valence-corrected chi connectivity index (χ1v) is 19.7. The van der Waals surface area contributed by atoms with Gasteiger partial charge < -0.3 is 26.4 Å². The van der Waals surface area contributed by atoms with Crippen LogP contribution in [0.5, 0.6) is 0 Å². The van der Waals surface area contributed by atoms with Crippen LogP contribution >= 0.6 is 12.4 Å². The van der Waals surface area contributed by atoms with E-state index < -0.39 is 6.04 Å². The molecule has 2 aromatic heterocycles. The van der Waals surface area contributed by atoms with Crippen LogP contribution < -0.4 is 21.7 Å². The van der Waals surface area contributed by atoms with Crippen LogP contribution in [0.2, 0.25) is 0 Å². The highest BCUT2D eigenvalue weighted by molar-refractivity contribution is 5.98. The molecule has 14 nitrogen and oxygen atoms in total. The van der Waals surface area contributed by atoms with Crippen molar-refractivity contribution < 1.29 is 19.1 Å². The van der Waals surface area contributed by atoms with Crippen molar-refractivity contribution in [2.45, 2.75) is 82.8 Å². The normalized spacial score (nSPS) is 22.0. The molecule has 0 radical (unpaired) electrons. The predicted molar refractivity (Wildman–Crippen MR) is 216 cm³/mol. The molecule has 7 rings (SSSR count). The zero-order valence-corrected chi connectivity index (χ0v) is 32.7.